The van der Waals surface area contributed by atoms with E-state index < -0.39 is 0 Å². The number of amides is 1. The molecular weight excluding hydrogens is 216 g/mol. The molecule has 17 heavy (non-hydrogen) atoms. The van der Waals surface area contributed by atoms with Gasteiger partial charge < -0.3 is 15.3 Å². The number of rotatable bonds is 6. The highest BCUT2D eigenvalue weighted by Gasteiger charge is 2.42. The van der Waals surface area contributed by atoms with Gasteiger partial charge in [0.25, 0.3) is 0 Å². The molecule has 0 spiro atoms. The van der Waals surface area contributed by atoms with Crippen LogP contribution in [0.3, 0.4) is 0 Å². The molecule has 0 bridgehead atoms. The lowest BCUT2D eigenvalue weighted by molar-refractivity contribution is -0.140. The van der Waals surface area contributed by atoms with Gasteiger partial charge in [-0.1, -0.05) is 13.3 Å². The van der Waals surface area contributed by atoms with E-state index in [0.717, 1.165) is 32.2 Å². The first-order chi connectivity index (χ1) is 8.07. The third-order valence-electron chi connectivity index (χ3n) is 3.55. The molecule has 0 aromatic rings. The van der Waals surface area contributed by atoms with Crippen LogP contribution in [0.2, 0.25) is 0 Å². The number of carbonyl (C=O) groups is 1. The molecule has 0 radical (unpaired) electrons. The molecule has 0 aliphatic carbocycles. The second-order valence-corrected chi connectivity index (χ2v) is 5.18. The number of nitrogens with zero attached hydrogens (tertiary/aromatic N) is 1. The standard InChI is InChI=1S/C13H26N2O2/c1-4-6-13(7-5-8-14-13)12(17)15(9-10-16)11(2)3/h11,14,16H,4-10H2,1-3H3. The maximum atomic E-state index is 12.6. The van der Waals surface area contributed by atoms with Gasteiger partial charge in [0.1, 0.15) is 0 Å². The normalized spacial score (nSPS) is 24.3. The van der Waals surface area contributed by atoms with E-state index in [9.17, 15) is 4.79 Å². The highest BCUT2D eigenvalue weighted by molar-refractivity contribution is 5.87. The molecule has 1 saturated heterocycles. The smallest absolute Gasteiger partial charge is 0.243 e. The second kappa shape index (κ2) is 6.36. The van der Waals surface area contributed by atoms with Gasteiger partial charge in [-0.2, -0.15) is 0 Å². The van der Waals surface area contributed by atoms with E-state index in [1.807, 2.05) is 13.8 Å². The lowest BCUT2D eigenvalue weighted by Gasteiger charge is -2.36. The average molecular weight is 242 g/mol. The first kappa shape index (κ1) is 14.5. The zero-order valence-electron chi connectivity index (χ0n) is 11.3. The maximum Gasteiger partial charge on any atom is 0.243 e. The third-order valence-corrected chi connectivity index (χ3v) is 3.55. The summed E-state index contributed by atoms with van der Waals surface area (Å²) in [5, 5.41) is 12.5. The second-order valence-electron chi connectivity index (χ2n) is 5.18. The van der Waals surface area contributed by atoms with Crippen LogP contribution in [0.25, 0.3) is 0 Å². The van der Waals surface area contributed by atoms with E-state index >= 15 is 0 Å². The number of aliphatic hydroxyl groups is 1. The van der Waals surface area contributed by atoms with E-state index in [0.29, 0.717) is 6.54 Å². The number of aliphatic hydroxyl groups excluding tert-OH is 1. The van der Waals surface area contributed by atoms with E-state index in [2.05, 4.69) is 12.2 Å². The van der Waals surface area contributed by atoms with Crippen molar-refractivity contribution in [1.82, 2.24) is 10.2 Å². The molecule has 1 heterocycles. The molecule has 2 N–H and O–H groups in total. The Morgan fingerprint density at radius 1 is 1.53 bits per heavy atom. The van der Waals surface area contributed by atoms with E-state index in [1.165, 1.54) is 0 Å². The lowest BCUT2D eigenvalue weighted by atomic mass is 9.89. The van der Waals surface area contributed by atoms with Crippen molar-refractivity contribution in [1.29, 1.82) is 0 Å². The largest absolute Gasteiger partial charge is 0.395 e. The van der Waals surface area contributed by atoms with Crippen LogP contribution in [-0.4, -0.2) is 47.2 Å². The minimum absolute atomic E-state index is 0.0339. The molecule has 1 atom stereocenters. The average Bonchev–Trinajstić information content (AvgIpc) is 2.75. The third kappa shape index (κ3) is 3.19. The van der Waals surface area contributed by atoms with Crippen molar-refractivity contribution in [3.8, 4) is 0 Å². The van der Waals surface area contributed by atoms with E-state index in [4.69, 9.17) is 5.11 Å². The minimum Gasteiger partial charge on any atom is -0.395 e. The zero-order valence-corrected chi connectivity index (χ0v) is 11.3. The van der Waals surface area contributed by atoms with Gasteiger partial charge in [-0.05, 0) is 39.7 Å². The number of nitrogens with one attached hydrogen (secondary N) is 1. The molecule has 1 aliphatic heterocycles. The van der Waals surface area contributed by atoms with Gasteiger partial charge in [0.15, 0.2) is 0 Å². The number of carbonyl (C=O) groups excluding carboxylic acids is 1. The summed E-state index contributed by atoms with van der Waals surface area (Å²) < 4.78 is 0. The van der Waals surface area contributed by atoms with Gasteiger partial charge in [0.2, 0.25) is 5.91 Å². The van der Waals surface area contributed by atoms with Gasteiger partial charge in [-0.25, -0.2) is 0 Å². The van der Waals surface area contributed by atoms with Crippen molar-refractivity contribution in [2.75, 3.05) is 19.7 Å². The van der Waals surface area contributed by atoms with Crippen molar-refractivity contribution in [3.05, 3.63) is 0 Å². The maximum absolute atomic E-state index is 12.6. The fraction of sp³-hybridized carbons (Fsp3) is 0.923. The Kier molecular flexibility index (Phi) is 5.40. The molecule has 0 aromatic heterocycles. The van der Waals surface area contributed by atoms with Crippen molar-refractivity contribution in [3.63, 3.8) is 0 Å². The van der Waals surface area contributed by atoms with Crippen LogP contribution in [0.1, 0.15) is 46.5 Å². The minimum atomic E-state index is -0.367. The summed E-state index contributed by atoms with van der Waals surface area (Å²) in [5.74, 6) is 0.168. The fourth-order valence-electron chi connectivity index (χ4n) is 2.71. The Hall–Kier alpha value is -0.610. The molecule has 1 rings (SSSR count). The summed E-state index contributed by atoms with van der Waals surface area (Å²) >= 11 is 0. The van der Waals surface area contributed by atoms with Crippen LogP contribution < -0.4 is 5.32 Å². The predicted molar refractivity (Wildman–Crippen MR) is 68.8 cm³/mol. The highest BCUT2D eigenvalue weighted by Crippen LogP contribution is 2.27. The van der Waals surface area contributed by atoms with Crippen molar-refractivity contribution in [2.24, 2.45) is 0 Å². The van der Waals surface area contributed by atoms with Crippen LogP contribution in [0.5, 0.6) is 0 Å². The topological polar surface area (TPSA) is 52.6 Å². The molecular formula is C13H26N2O2. The molecule has 0 saturated carbocycles. The quantitative estimate of drug-likeness (QED) is 0.734. The van der Waals surface area contributed by atoms with E-state index in [1.54, 1.807) is 4.90 Å². The molecule has 4 heteroatoms. The Morgan fingerprint density at radius 3 is 2.65 bits per heavy atom. The summed E-state index contributed by atoms with van der Waals surface area (Å²) in [7, 11) is 0. The summed E-state index contributed by atoms with van der Waals surface area (Å²) in [5.41, 5.74) is -0.367. The summed E-state index contributed by atoms with van der Waals surface area (Å²) in [4.78, 5) is 14.4. The van der Waals surface area contributed by atoms with Crippen molar-refractivity contribution < 1.29 is 9.90 Å². The first-order valence-corrected chi connectivity index (χ1v) is 6.74. The van der Waals surface area contributed by atoms with Gasteiger partial charge in [0, 0.05) is 12.6 Å². The highest BCUT2D eigenvalue weighted by atomic mass is 16.3. The van der Waals surface area contributed by atoms with E-state index in [-0.39, 0.29) is 24.1 Å². The molecule has 1 aliphatic rings. The van der Waals surface area contributed by atoms with Crippen LogP contribution in [0, 0.1) is 0 Å². The Bertz CT molecular complexity index is 248. The molecule has 0 aromatic carbocycles. The molecule has 1 amide bonds. The molecule has 4 nitrogen and oxygen atoms in total. The van der Waals surface area contributed by atoms with Gasteiger partial charge in [-0.3, -0.25) is 4.79 Å². The van der Waals surface area contributed by atoms with Crippen LogP contribution in [0.15, 0.2) is 0 Å². The SMILES string of the molecule is CCCC1(C(=O)N(CCO)C(C)C)CCCN1. The first-order valence-electron chi connectivity index (χ1n) is 6.74. The van der Waals surface area contributed by atoms with Crippen LogP contribution in [-0.2, 0) is 4.79 Å². The van der Waals surface area contributed by atoms with Gasteiger partial charge in [-0.15, -0.1) is 0 Å². The van der Waals surface area contributed by atoms with Gasteiger partial charge >= 0.3 is 0 Å². The Morgan fingerprint density at radius 2 is 2.24 bits per heavy atom. The van der Waals surface area contributed by atoms with Crippen LogP contribution in [0.4, 0.5) is 0 Å². The lowest BCUT2D eigenvalue weighted by Crippen LogP contribution is -2.57. The predicted octanol–water partition coefficient (Wildman–Crippen LogP) is 1.14. The van der Waals surface area contributed by atoms with Crippen LogP contribution >= 0.6 is 0 Å². The van der Waals surface area contributed by atoms with Crippen molar-refractivity contribution in [2.45, 2.75) is 58.0 Å². The molecule has 100 valence electrons. The molecule has 1 unspecified atom stereocenters. The summed E-state index contributed by atoms with van der Waals surface area (Å²) in [6.45, 7) is 7.51. The van der Waals surface area contributed by atoms with Gasteiger partial charge in [0.05, 0.1) is 12.1 Å². The summed E-state index contributed by atoms with van der Waals surface area (Å²) in [6.07, 6.45) is 3.88. The number of hydrogen-bond donors (Lipinski definition) is 2. The zero-order chi connectivity index (χ0) is 12.9. The summed E-state index contributed by atoms with van der Waals surface area (Å²) in [6, 6.07) is 0.144. The fourth-order valence-corrected chi connectivity index (χ4v) is 2.71. The monoisotopic (exact) mass is 242 g/mol. The number of hydrogen-bond acceptors (Lipinski definition) is 3. The Labute approximate surface area is 104 Å². The Balaban J connectivity index is 2.81. The van der Waals surface area contributed by atoms with Crippen molar-refractivity contribution >= 4 is 5.91 Å². The molecule has 1 fully saturated rings.